The van der Waals surface area contributed by atoms with E-state index in [4.69, 9.17) is 4.74 Å². The zero-order valence-corrected chi connectivity index (χ0v) is 9.07. The first-order valence-corrected chi connectivity index (χ1v) is 5.03. The Balaban J connectivity index is 2.51. The minimum Gasteiger partial charge on any atom is -0.495 e. The van der Waals surface area contributed by atoms with Crippen molar-refractivity contribution in [3.05, 3.63) is 30.0 Å². The third-order valence-corrected chi connectivity index (χ3v) is 2.96. The molecule has 0 atom stereocenters. The van der Waals surface area contributed by atoms with Gasteiger partial charge < -0.3 is 10.1 Å². The molecule has 0 spiro atoms. The standard InChI is InChI=1S/C12H10N2O2/c1-14-6-5-7-10-8(14)3-4-9(16-2)11(10)13-12(7)15/h3-6H,1-2H3/p+1. The second-order valence-corrected chi connectivity index (χ2v) is 3.83. The third kappa shape index (κ3) is 0.984. The second-order valence-electron chi connectivity index (χ2n) is 3.83. The molecule has 0 bridgehead atoms. The Morgan fingerprint density at radius 1 is 1.31 bits per heavy atom. The van der Waals surface area contributed by atoms with E-state index < -0.39 is 0 Å². The average Bonchev–Trinajstić information content (AvgIpc) is 2.62. The van der Waals surface area contributed by atoms with E-state index in [1.807, 2.05) is 36.0 Å². The molecule has 1 aliphatic rings. The van der Waals surface area contributed by atoms with Crippen LogP contribution in [-0.2, 0) is 7.05 Å². The Morgan fingerprint density at radius 2 is 2.12 bits per heavy atom. The molecule has 3 rings (SSSR count). The predicted octanol–water partition coefficient (Wildman–Crippen LogP) is 1.24. The highest BCUT2D eigenvalue weighted by Crippen LogP contribution is 2.38. The normalized spacial score (nSPS) is 13.0. The largest absolute Gasteiger partial charge is 0.495 e. The highest BCUT2D eigenvalue weighted by molar-refractivity contribution is 6.23. The molecule has 0 aliphatic carbocycles. The van der Waals surface area contributed by atoms with Crippen molar-refractivity contribution in [2.75, 3.05) is 12.4 Å². The van der Waals surface area contributed by atoms with E-state index in [-0.39, 0.29) is 5.91 Å². The number of carbonyl (C=O) groups is 1. The van der Waals surface area contributed by atoms with Crippen molar-refractivity contribution in [2.24, 2.45) is 7.05 Å². The molecule has 2 heterocycles. The first-order valence-electron chi connectivity index (χ1n) is 5.03. The Morgan fingerprint density at radius 3 is 2.88 bits per heavy atom. The van der Waals surface area contributed by atoms with Gasteiger partial charge in [-0.25, -0.2) is 4.57 Å². The fourth-order valence-electron chi connectivity index (χ4n) is 2.15. The van der Waals surface area contributed by atoms with Gasteiger partial charge in [-0.05, 0) is 6.07 Å². The summed E-state index contributed by atoms with van der Waals surface area (Å²) in [5.41, 5.74) is 2.50. The van der Waals surface area contributed by atoms with Crippen LogP contribution in [0.15, 0.2) is 24.4 Å². The summed E-state index contributed by atoms with van der Waals surface area (Å²) in [5.74, 6) is 0.635. The van der Waals surface area contributed by atoms with Gasteiger partial charge >= 0.3 is 0 Å². The van der Waals surface area contributed by atoms with Gasteiger partial charge in [0.15, 0.2) is 6.20 Å². The molecular weight excluding hydrogens is 204 g/mol. The van der Waals surface area contributed by atoms with Crippen molar-refractivity contribution in [3.63, 3.8) is 0 Å². The van der Waals surface area contributed by atoms with Gasteiger partial charge in [-0.2, -0.15) is 0 Å². The van der Waals surface area contributed by atoms with Crippen LogP contribution in [0, 0.1) is 0 Å². The van der Waals surface area contributed by atoms with Gasteiger partial charge in [0.25, 0.3) is 5.91 Å². The smallest absolute Gasteiger partial charge is 0.256 e. The van der Waals surface area contributed by atoms with Crippen molar-refractivity contribution in [1.82, 2.24) is 0 Å². The molecule has 0 radical (unpaired) electrons. The average molecular weight is 215 g/mol. The van der Waals surface area contributed by atoms with Crippen molar-refractivity contribution in [3.8, 4) is 5.75 Å². The topological polar surface area (TPSA) is 42.2 Å². The number of carbonyl (C=O) groups excluding carboxylic acids is 1. The summed E-state index contributed by atoms with van der Waals surface area (Å²) in [7, 11) is 3.56. The van der Waals surface area contributed by atoms with E-state index in [0.717, 1.165) is 16.6 Å². The molecule has 4 nitrogen and oxygen atoms in total. The lowest BCUT2D eigenvalue weighted by atomic mass is 10.1. The van der Waals surface area contributed by atoms with Crippen LogP contribution in [0.4, 0.5) is 5.69 Å². The highest BCUT2D eigenvalue weighted by Gasteiger charge is 2.28. The van der Waals surface area contributed by atoms with Crippen molar-refractivity contribution in [2.45, 2.75) is 0 Å². The van der Waals surface area contributed by atoms with Crippen LogP contribution in [0.2, 0.25) is 0 Å². The maximum atomic E-state index is 11.7. The van der Waals surface area contributed by atoms with Gasteiger partial charge in [-0.3, -0.25) is 4.79 Å². The van der Waals surface area contributed by atoms with Gasteiger partial charge in [0.2, 0.25) is 5.52 Å². The zero-order valence-electron chi connectivity index (χ0n) is 9.07. The number of aromatic nitrogens is 1. The van der Waals surface area contributed by atoms with Crippen LogP contribution in [0.3, 0.4) is 0 Å². The van der Waals surface area contributed by atoms with E-state index in [2.05, 4.69) is 5.32 Å². The second kappa shape index (κ2) is 2.95. The molecule has 1 aromatic carbocycles. The summed E-state index contributed by atoms with van der Waals surface area (Å²) in [4.78, 5) is 11.7. The van der Waals surface area contributed by atoms with Crippen LogP contribution in [0.5, 0.6) is 5.75 Å². The molecule has 1 aliphatic heterocycles. The number of methoxy groups -OCH3 is 1. The Kier molecular flexibility index (Phi) is 1.68. The molecule has 0 saturated carbocycles. The Bertz CT molecular complexity index is 620. The summed E-state index contributed by atoms with van der Waals surface area (Å²) in [6, 6.07) is 5.65. The number of pyridine rings is 1. The third-order valence-electron chi connectivity index (χ3n) is 2.96. The number of rotatable bonds is 1. The van der Waals surface area contributed by atoms with Crippen LogP contribution in [0.25, 0.3) is 10.9 Å². The molecule has 0 saturated heterocycles. The number of nitrogens with one attached hydrogen (secondary N) is 1. The molecule has 4 heteroatoms. The van der Waals surface area contributed by atoms with E-state index in [1.165, 1.54) is 0 Å². The molecule has 16 heavy (non-hydrogen) atoms. The molecule has 1 amide bonds. The summed E-state index contributed by atoms with van der Waals surface area (Å²) >= 11 is 0. The van der Waals surface area contributed by atoms with Gasteiger partial charge in [0.05, 0.1) is 23.7 Å². The number of hydrogen-bond donors (Lipinski definition) is 1. The number of nitrogens with zero attached hydrogens (tertiary/aromatic N) is 1. The summed E-state index contributed by atoms with van der Waals surface area (Å²) in [6.07, 6.45) is 1.89. The Hall–Kier alpha value is -2.10. The van der Waals surface area contributed by atoms with E-state index in [0.29, 0.717) is 11.3 Å². The summed E-state index contributed by atoms with van der Waals surface area (Å²) < 4.78 is 7.23. The quantitative estimate of drug-likeness (QED) is 0.727. The lowest BCUT2D eigenvalue weighted by Gasteiger charge is -2.05. The van der Waals surface area contributed by atoms with Gasteiger partial charge in [0, 0.05) is 12.1 Å². The van der Waals surface area contributed by atoms with Gasteiger partial charge in [-0.15, -0.1) is 0 Å². The molecular formula is C12H11N2O2+. The number of benzene rings is 1. The molecule has 80 valence electrons. The number of hydrogen-bond acceptors (Lipinski definition) is 2. The first kappa shape index (κ1) is 9.15. The lowest BCUT2D eigenvalue weighted by molar-refractivity contribution is -0.644. The summed E-state index contributed by atoms with van der Waals surface area (Å²) in [5, 5.41) is 3.78. The molecule has 1 N–H and O–H groups in total. The number of aryl methyl sites for hydroxylation is 1. The van der Waals surface area contributed by atoms with Crippen LogP contribution < -0.4 is 14.6 Å². The number of ether oxygens (including phenoxy) is 1. The summed E-state index contributed by atoms with van der Waals surface area (Å²) in [6.45, 7) is 0. The minimum atomic E-state index is -0.0647. The predicted molar refractivity (Wildman–Crippen MR) is 59.6 cm³/mol. The highest BCUT2D eigenvalue weighted by atomic mass is 16.5. The maximum absolute atomic E-state index is 11.7. The molecule has 0 unspecified atom stereocenters. The monoisotopic (exact) mass is 215 g/mol. The Labute approximate surface area is 92.5 Å². The molecule has 0 fully saturated rings. The van der Waals surface area contributed by atoms with Crippen molar-refractivity contribution >= 4 is 22.5 Å². The van der Waals surface area contributed by atoms with Crippen LogP contribution in [-0.4, -0.2) is 13.0 Å². The number of amides is 1. The van der Waals surface area contributed by atoms with Gasteiger partial charge in [-0.1, -0.05) is 0 Å². The van der Waals surface area contributed by atoms with E-state index >= 15 is 0 Å². The van der Waals surface area contributed by atoms with Crippen molar-refractivity contribution in [1.29, 1.82) is 0 Å². The first-order chi connectivity index (χ1) is 7.72. The maximum Gasteiger partial charge on any atom is 0.256 e. The SMILES string of the molecule is COc1ccc2c3c(cc[n+]2C)C(=O)Nc13. The van der Waals surface area contributed by atoms with E-state index in [9.17, 15) is 4.79 Å². The zero-order chi connectivity index (χ0) is 11.3. The molecule has 2 aromatic rings. The fourth-order valence-corrected chi connectivity index (χ4v) is 2.15. The molecule has 1 aromatic heterocycles. The van der Waals surface area contributed by atoms with Gasteiger partial charge in [0.1, 0.15) is 12.8 Å². The van der Waals surface area contributed by atoms with E-state index in [1.54, 1.807) is 7.11 Å². The van der Waals surface area contributed by atoms with Crippen LogP contribution in [0.1, 0.15) is 10.4 Å². The van der Waals surface area contributed by atoms with Crippen molar-refractivity contribution < 1.29 is 14.1 Å². The minimum absolute atomic E-state index is 0.0647. The van der Waals surface area contributed by atoms with Crippen LogP contribution >= 0.6 is 0 Å². The number of anilines is 1. The fraction of sp³-hybridized carbons (Fsp3) is 0.167. The lowest BCUT2D eigenvalue weighted by Crippen LogP contribution is -2.28.